The number of amides is 1. The fraction of sp³-hybridized carbons (Fsp3) is 0.364. The van der Waals surface area contributed by atoms with E-state index in [0.717, 1.165) is 59.9 Å². The van der Waals surface area contributed by atoms with E-state index >= 15 is 0 Å². The molecule has 1 fully saturated rings. The van der Waals surface area contributed by atoms with Crippen molar-refractivity contribution in [2.24, 2.45) is 0 Å². The number of aryl methyl sites for hydroxylation is 1. The number of fused-ring (bicyclic) bond motifs is 1. The summed E-state index contributed by atoms with van der Waals surface area (Å²) < 4.78 is 6.35. The lowest BCUT2D eigenvalue weighted by Gasteiger charge is -2.27. The maximum Gasteiger partial charge on any atom is 0.252 e. The number of anilines is 1. The van der Waals surface area contributed by atoms with Gasteiger partial charge in [0.05, 0.1) is 28.5 Å². The van der Waals surface area contributed by atoms with Gasteiger partial charge in [0.15, 0.2) is 5.13 Å². The van der Waals surface area contributed by atoms with E-state index in [-0.39, 0.29) is 5.91 Å². The molecule has 8 heteroatoms. The van der Waals surface area contributed by atoms with Gasteiger partial charge in [-0.15, -0.1) is 11.3 Å². The topological polar surface area (TPSA) is 45.7 Å². The molecular formula is C22H24ClN3O2S2. The summed E-state index contributed by atoms with van der Waals surface area (Å²) in [5.74, 6) is -0.0572. The van der Waals surface area contributed by atoms with Crippen LogP contribution in [-0.2, 0) is 9.53 Å². The average molecular weight is 462 g/mol. The van der Waals surface area contributed by atoms with Crippen molar-refractivity contribution in [3.63, 3.8) is 0 Å². The summed E-state index contributed by atoms with van der Waals surface area (Å²) in [6.45, 7) is 7.02. The standard InChI is InChI=1S/C22H24ClN3O2S2/c1-16-5-7-18(23)21-20(16)24-22(30-21)26(10-3-9-25-11-13-28-14-12-25)19(27)8-6-17-4-2-15-29-17/h2,4-8,15H,3,9-14H2,1H3/b8-6+. The van der Waals surface area contributed by atoms with Gasteiger partial charge in [-0.2, -0.15) is 0 Å². The van der Waals surface area contributed by atoms with E-state index in [2.05, 4.69) is 4.90 Å². The summed E-state index contributed by atoms with van der Waals surface area (Å²) >= 11 is 9.49. The molecule has 1 aromatic carbocycles. The van der Waals surface area contributed by atoms with Crippen LogP contribution >= 0.6 is 34.3 Å². The van der Waals surface area contributed by atoms with Gasteiger partial charge in [0.2, 0.25) is 0 Å². The van der Waals surface area contributed by atoms with Gasteiger partial charge in [-0.05, 0) is 42.5 Å². The molecular weight excluding hydrogens is 438 g/mol. The number of benzene rings is 1. The summed E-state index contributed by atoms with van der Waals surface area (Å²) in [6.07, 6.45) is 4.38. The van der Waals surface area contributed by atoms with E-state index in [1.165, 1.54) is 11.3 Å². The lowest BCUT2D eigenvalue weighted by Crippen LogP contribution is -2.39. The Morgan fingerprint density at radius 3 is 2.90 bits per heavy atom. The van der Waals surface area contributed by atoms with Crippen LogP contribution in [0, 0.1) is 6.92 Å². The van der Waals surface area contributed by atoms with Crippen LogP contribution < -0.4 is 4.90 Å². The Labute approximate surface area is 189 Å². The van der Waals surface area contributed by atoms with Crippen LogP contribution in [0.25, 0.3) is 16.3 Å². The van der Waals surface area contributed by atoms with Crippen LogP contribution in [0.5, 0.6) is 0 Å². The van der Waals surface area contributed by atoms with Crippen molar-refractivity contribution in [1.82, 2.24) is 9.88 Å². The van der Waals surface area contributed by atoms with Gasteiger partial charge >= 0.3 is 0 Å². The zero-order valence-corrected chi connectivity index (χ0v) is 19.2. The molecule has 5 nitrogen and oxygen atoms in total. The van der Waals surface area contributed by atoms with Gasteiger partial charge in [-0.3, -0.25) is 14.6 Å². The molecule has 0 spiro atoms. The fourth-order valence-corrected chi connectivity index (χ4v) is 5.38. The van der Waals surface area contributed by atoms with E-state index in [1.54, 1.807) is 22.3 Å². The Bertz CT molecular complexity index is 988. The number of ether oxygens (including phenoxy) is 1. The number of halogens is 1. The first-order chi connectivity index (χ1) is 14.6. The Kier molecular flexibility index (Phi) is 7.17. The van der Waals surface area contributed by atoms with Gasteiger partial charge in [-0.25, -0.2) is 4.98 Å². The van der Waals surface area contributed by atoms with Crippen LogP contribution in [-0.4, -0.2) is 55.2 Å². The minimum absolute atomic E-state index is 0.0572. The number of morpholine rings is 1. The molecule has 3 aromatic rings. The Balaban J connectivity index is 1.55. The number of carbonyl (C=O) groups excluding carboxylic acids is 1. The average Bonchev–Trinajstić information content (AvgIpc) is 3.44. The minimum atomic E-state index is -0.0572. The molecule has 1 saturated heterocycles. The number of rotatable bonds is 7. The molecule has 0 bridgehead atoms. The molecule has 1 amide bonds. The fourth-order valence-electron chi connectivity index (χ4n) is 3.41. The molecule has 158 valence electrons. The normalized spacial score (nSPS) is 15.3. The monoisotopic (exact) mass is 461 g/mol. The molecule has 0 atom stereocenters. The molecule has 0 radical (unpaired) electrons. The van der Waals surface area contributed by atoms with Crippen molar-refractivity contribution in [2.75, 3.05) is 44.3 Å². The molecule has 1 aliphatic rings. The number of nitrogens with zero attached hydrogens (tertiary/aromatic N) is 3. The predicted octanol–water partition coefficient (Wildman–Crippen LogP) is 5.09. The highest BCUT2D eigenvalue weighted by molar-refractivity contribution is 7.23. The van der Waals surface area contributed by atoms with Crippen molar-refractivity contribution >= 4 is 61.6 Å². The van der Waals surface area contributed by atoms with Crippen molar-refractivity contribution in [3.05, 3.63) is 51.2 Å². The molecule has 1 aliphatic heterocycles. The second-order valence-corrected chi connectivity index (χ2v) is 9.55. The van der Waals surface area contributed by atoms with Gasteiger partial charge in [0, 0.05) is 37.1 Å². The first kappa shape index (κ1) is 21.5. The van der Waals surface area contributed by atoms with Crippen LogP contribution in [0.1, 0.15) is 16.9 Å². The second-order valence-electron chi connectivity index (χ2n) is 7.18. The maximum absolute atomic E-state index is 13.1. The van der Waals surface area contributed by atoms with E-state index < -0.39 is 0 Å². The molecule has 30 heavy (non-hydrogen) atoms. The van der Waals surface area contributed by atoms with Crippen LogP contribution in [0.4, 0.5) is 5.13 Å². The summed E-state index contributed by atoms with van der Waals surface area (Å²) in [5.41, 5.74) is 1.93. The summed E-state index contributed by atoms with van der Waals surface area (Å²) in [6, 6.07) is 7.84. The first-order valence-electron chi connectivity index (χ1n) is 10.0. The number of thiophene rings is 1. The van der Waals surface area contributed by atoms with Gasteiger partial charge in [-0.1, -0.05) is 35.1 Å². The molecule has 4 rings (SSSR count). The van der Waals surface area contributed by atoms with E-state index in [9.17, 15) is 4.79 Å². The number of thiazole rings is 1. The lowest BCUT2D eigenvalue weighted by atomic mass is 10.2. The zero-order chi connectivity index (χ0) is 20.9. The summed E-state index contributed by atoms with van der Waals surface area (Å²) in [7, 11) is 0. The Morgan fingerprint density at radius 1 is 1.33 bits per heavy atom. The SMILES string of the molecule is Cc1ccc(Cl)c2sc(N(CCCN3CCOCC3)C(=O)/C=C/c3cccs3)nc12. The lowest BCUT2D eigenvalue weighted by molar-refractivity contribution is -0.114. The highest BCUT2D eigenvalue weighted by Crippen LogP contribution is 2.35. The highest BCUT2D eigenvalue weighted by atomic mass is 35.5. The van der Waals surface area contributed by atoms with E-state index in [1.807, 2.05) is 42.6 Å². The molecule has 0 unspecified atom stereocenters. The third kappa shape index (κ3) is 5.10. The molecule has 0 saturated carbocycles. The molecule has 3 heterocycles. The first-order valence-corrected chi connectivity index (χ1v) is 12.1. The van der Waals surface area contributed by atoms with Gasteiger partial charge < -0.3 is 4.74 Å². The third-order valence-corrected chi connectivity index (χ3v) is 7.45. The number of hydrogen-bond acceptors (Lipinski definition) is 6. The number of hydrogen-bond donors (Lipinski definition) is 0. The zero-order valence-electron chi connectivity index (χ0n) is 16.8. The number of carbonyl (C=O) groups is 1. The minimum Gasteiger partial charge on any atom is -0.379 e. The van der Waals surface area contributed by atoms with Crippen LogP contribution in [0.2, 0.25) is 5.02 Å². The predicted molar refractivity (Wildman–Crippen MR) is 127 cm³/mol. The van der Waals surface area contributed by atoms with Crippen molar-refractivity contribution in [1.29, 1.82) is 0 Å². The van der Waals surface area contributed by atoms with Crippen molar-refractivity contribution < 1.29 is 9.53 Å². The van der Waals surface area contributed by atoms with Gasteiger partial charge in [0.1, 0.15) is 0 Å². The molecule has 0 N–H and O–H groups in total. The number of aromatic nitrogens is 1. The summed E-state index contributed by atoms with van der Waals surface area (Å²) in [5, 5.41) is 3.38. The molecule has 0 aliphatic carbocycles. The highest BCUT2D eigenvalue weighted by Gasteiger charge is 2.20. The third-order valence-electron chi connectivity index (χ3n) is 5.08. The molecule has 2 aromatic heterocycles. The van der Waals surface area contributed by atoms with Crippen molar-refractivity contribution in [2.45, 2.75) is 13.3 Å². The van der Waals surface area contributed by atoms with Crippen LogP contribution in [0.15, 0.2) is 35.7 Å². The van der Waals surface area contributed by atoms with E-state index in [0.29, 0.717) is 16.7 Å². The maximum atomic E-state index is 13.1. The summed E-state index contributed by atoms with van der Waals surface area (Å²) in [4.78, 5) is 23.1. The second kappa shape index (κ2) is 10.0. The largest absolute Gasteiger partial charge is 0.379 e. The Morgan fingerprint density at radius 2 is 2.17 bits per heavy atom. The van der Waals surface area contributed by atoms with Gasteiger partial charge in [0.25, 0.3) is 5.91 Å². The van der Waals surface area contributed by atoms with Crippen LogP contribution in [0.3, 0.4) is 0 Å². The Hall–Kier alpha value is -1.77. The van der Waals surface area contributed by atoms with Crippen molar-refractivity contribution in [3.8, 4) is 0 Å². The smallest absolute Gasteiger partial charge is 0.252 e. The van der Waals surface area contributed by atoms with E-state index in [4.69, 9.17) is 21.3 Å². The quantitative estimate of drug-likeness (QED) is 0.460.